The lowest BCUT2D eigenvalue weighted by Gasteiger charge is -2.28. The van der Waals surface area contributed by atoms with E-state index in [2.05, 4.69) is 5.32 Å². The van der Waals surface area contributed by atoms with Crippen molar-refractivity contribution >= 4 is 17.7 Å². The molecule has 0 aromatic rings. The molecular formula is C12H19N3O3. The van der Waals surface area contributed by atoms with Crippen LogP contribution in [0.3, 0.4) is 0 Å². The van der Waals surface area contributed by atoms with Gasteiger partial charge in [-0.3, -0.25) is 19.3 Å². The second kappa shape index (κ2) is 5.06. The third kappa shape index (κ3) is 2.38. The monoisotopic (exact) mass is 253 g/mol. The summed E-state index contributed by atoms with van der Waals surface area (Å²) in [5, 5.41) is 2.66. The quantitative estimate of drug-likeness (QED) is 0.641. The predicted octanol–water partition coefficient (Wildman–Crippen LogP) is -0.623. The van der Waals surface area contributed by atoms with Crippen molar-refractivity contribution in [1.29, 1.82) is 0 Å². The molecule has 0 aromatic carbocycles. The molecule has 0 radical (unpaired) electrons. The summed E-state index contributed by atoms with van der Waals surface area (Å²) in [6, 6.07) is -0.840. The highest BCUT2D eigenvalue weighted by Crippen LogP contribution is 2.23. The Morgan fingerprint density at radius 3 is 2.56 bits per heavy atom. The number of nitrogens with one attached hydrogen (secondary N) is 1. The van der Waals surface area contributed by atoms with Gasteiger partial charge in [-0.05, 0) is 12.8 Å². The van der Waals surface area contributed by atoms with Gasteiger partial charge in [-0.15, -0.1) is 0 Å². The van der Waals surface area contributed by atoms with Crippen LogP contribution in [-0.4, -0.2) is 41.8 Å². The van der Waals surface area contributed by atoms with Crippen LogP contribution in [0.5, 0.6) is 0 Å². The average Bonchev–Trinajstić information content (AvgIpc) is 2.57. The topological polar surface area (TPSA) is 92.5 Å². The smallest absolute Gasteiger partial charge is 0.252 e. The standard InChI is InChI=1S/C12H19N3O3/c1-15-10(16)6-9(12(15)18)14-11(17)7-4-2-3-5-8(7)13/h7-9H,2-6,13H2,1H3,(H,14,17). The van der Waals surface area contributed by atoms with E-state index < -0.39 is 6.04 Å². The number of hydrogen-bond donors (Lipinski definition) is 2. The van der Waals surface area contributed by atoms with Gasteiger partial charge in [-0.2, -0.15) is 0 Å². The molecule has 18 heavy (non-hydrogen) atoms. The van der Waals surface area contributed by atoms with Crippen molar-refractivity contribution in [2.75, 3.05) is 7.05 Å². The van der Waals surface area contributed by atoms with Gasteiger partial charge in [0.15, 0.2) is 0 Å². The van der Waals surface area contributed by atoms with E-state index >= 15 is 0 Å². The summed E-state index contributed by atoms with van der Waals surface area (Å²) in [5.74, 6) is -1.01. The van der Waals surface area contributed by atoms with E-state index in [-0.39, 0.29) is 36.1 Å². The van der Waals surface area contributed by atoms with Gasteiger partial charge in [0, 0.05) is 13.1 Å². The number of rotatable bonds is 2. The van der Waals surface area contributed by atoms with Crippen LogP contribution in [-0.2, 0) is 14.4 Å². The summed E-state index contributed by atoms with van der Waals surface area (Å²) in [7, 11) is 1.43. The van der Waals surface area contributed by atoms with Gasteiger partial charge < -0.3 is 11.1 Å². The van der Waals surface area contributed by atoms with Crippen molar-refractivity contribution in [3.63, 3.8) is 0 Å². The molecule has 1 aliphatic carbocycles. The number of imide groups is 1. The number of nitrogens with zero attached hydrogens (tertiary/aromatic N) is 1. The van der Waals surface area contributed by atoms with Crippen LogP contribution in [0.25, 0.3) is 0 Å². The molecule has 3 N–H and O–H groups in total. The molecular weight excluding hydrogens is 234 g/mol. The predicted molar refractivity (Wildman–Crippen MR) is 64.3 cm³/mol. The molecule has 2 rings (SSSR count). The highest BCUT2D eigenvalue weighted by Gasteiger charge is 2.39. The molecule has 6 heteroatoms. The molecule has 1 heterocycles. The van der Waals surface area contributed by atoms with Crippen LogP contribution >= 0.6 is 0 Å². The first-order chi connectivity index (χ1) is 8.50. The van der Waals surface area contributed by atoms with Gasteiger partial charge in [0.1, 0.15) is 6.04 Å². The number of nitrogens with two attached hydrogens (primary N) is 1. The van der Waals surface area contributed by atoms with Gasteiger partial charge in [0.25, 0.3) is 5.91 Å². The number of carbonyl (C=O) groups is 3. The average molecular weight is 253 g/mol. The SMILES string of the molecule is CN1C(=O)CC(NC(=O)C2CCCCC2N)C1=O. The molecule has 2 fully saturated rings. The molecule has 6 nitrogen and oxygen atoms in total. The summed E-state index contributed by atoms with van der Waals surface area (Å²) in [4.78, 5) is 36.1. The van der Waals surface area contributed by atoms with Crippen molar-refractivity contribution in [1.82, 2.24) is 10.2 Å². The Labute approximate surface area is 106 Å². The van der Waals surface area contributed by atoms with Crippen LogP contribution in [0.4, 0.5) is 0 Å². The zero-order chi connectivity index (χ0) is 13.3. The van der Waals surface area contributed by atoms with Crippen molar-refractivity contribution in [2.24, 2.45) is 11.7 Å². The number of hydrogen-bond acceptors (Lipinski definition) is 4. The highest BCUT2D eigenvalue weighted by atomic mass is 16.2. The minimum Gasteiger partial charge on any atom is -0.343 e. The normalized spacial score (nSPS) is 32.8. The van der Waals surface area contributed by atoms with Crippen LogP contribution in [0.15, 0.2) is 0 Å². The summed E-state index contributed by atoms with van der Waals surface area (Å²) in [6.45, 7) is 0. The van der Waals surface area contributed by atoms with Crippen LogP contribution in [0.2, 0.25) is 0 Å². The van der Waals surface area contributed by atoms with Crippen molar-refractivity contribution in [2.45, 2.75) is 44.2 Å². The summed E-state index contributed by atoms with van der Waals surface area (Å²) < 4.78 is 0. The maximum absolute atomic E-state index is 12.1. The summed E-state index contributed by atoms with van der Waals surface area (Å²) >= 11 is 0. The second-order valence-electron chi connectivity index (χ2n) is 5.11. The minimum absolute atomic E-state index is 0.0586. The van der Waals surface area contributed by atoms with E-state index in [1.54, 1.807) is 0 Å². The fraction of sp³-hybridized carbons (Fsp3) is 0.750. The number of likely N-dealkylation sites (N-methyl/N-ethyl adjacent to an activating group) is 1. The van der Waals surface area contributed by atoms with Crippen molar-refractivity contribution in [3.8, 4) is 0 Å². The van der Waals surface area contributed by atoms with E-state index in [4.69, 9.17) is 5.73 Å². The van der Waals surface area contributed by atoms with E-state index in [0.29, 0.717) is 0 Å². The number of likely N-dealkylation sites (tertiary alicyclic amines) is 1. The molecule has 0 spiro atoms. The Morgan fingerprint density at radius 1 is 1.33 bits per heavy atom. The van der Waals surface area contributed by atoms with Gasteiger partial charge in [0.2, 0.25) is 11.8 Å². The third-order valence-corrected chi connectivity index (χ3v) is 3.85. The van der Waals surface area contributed by atoms with E-state index in [9.17, 15) is 14.4 Å². The Balaban J connectivity index is 1.95. The molecule has 0 bridgehead atoms. The molecule has 1 saturated heterocycles. The Morgan fingerprint density at radius 2 is 2.00 bits per heavy atom. The maximum atomic E-state index is 12.1. The van der Waals surface area contributed by atoms with Crippen LogP contribution in [0, 0.1) is 5.92 Å². The maximum Gasteiger partial charge on any atom is 0.252 e. The Bertz CT molecular complexity index is 383. The largest absolute Gasteiger partial charge is 0.343 e. The molecule has 3 atom stereocenters. The lowest BCUT2D eigenvalue weighted by atomic mass is 9.84. The fourth-order valence-electron chi connectivity index (χ4n) is 2.63. The Kier molecular flexibility index (Phi) is 3.65. The zero-order valence-corrected chi connectivity index (χ0v) is 10.5. The highest BCUT2D eigenvalue weighted by molar-refractivity contribution is 6.06. The third-order valence-electron chi connectivity index (χ3n) is 3.85. The molecule has 3 unspecified atom stereocenters. The zero-order valence-electron chi connectivity index (χ0n) is 10.5. The first-order valence-corrected chi connectivity index (χ1v) is 6.37. The van der Waals surface area contributed by atoms with Crippen LogP contribution < -0.4 is 11.1 Å². The summed E-state index contributed by atoms with van der Waals surface area (Å²) in [6.07, 6.45) is 3.70. The Hall–Kier alpha value is -1.43. The van der Waals surface area contributed by atoms with Gasteiger partial charge in [-0.25, -0.2) is 0 Å². The fourth-order valence-corrected chi connectivity index (χ4v) is 2.63. The number of amides is 3. The first-order valence-electron chi connectivity index (χ1n) is 6.37. The van der Waals surface area contributed by atoms with Crippen LogP contribution in [0.1, 0.15) is 32.1 Å². The minimum atomic E-state index is -0.705. The lowest BCUT2D eigenvalue weighted by molar-refractivity contribution is -0.138. The first kappa shape index (κ1) is 13.0. The molecule has 1 saturated carbocycles. The second-order valence-corrected chi connectivity index (χ2v) is 5.11. The van der Waals surface area contributed by atoms with E-state index in [1.165, 1.54) is 7.05 Å². The van der Waals surface area contributed by atoms with Gasteiger partial charge >= 0.3 is 0 Å². The molecule has 100 valence electrons. The summed E-state index contributed by atoms with van der Waals surface area (Å²) in [5.41, 5.74) is 5.92. The molecule has 2 aliphatic rings. The van der Waals surface area contributed by atoms with Gasteiger partial charge in [-0.1, -0.05) is 12.8 Å². The molecule has 3 amide bonds. The molecule has 1 aliphatic heterocycles. The number of carbonyl (C=O) groups excluding carboxylic acids is 3. The lowest BCUT2D eigenvalue weighted by Crippen LogP contribution is -2.48. The molecule has 0 aromatic heterocycles. The van der Waals surface area contributed by atoms with E-state index in [1.807, 2.05) is 0 Å². The van der Waals surface area contributed by atoms with Crippen molar-refractivity contribution < 1.29 is 14.4 Å². The van der Waals surface area contributed by atoms with Gasteiger partial charge in [0.05, 0.1) is 12.3 Å². The van der Waals surface area contributed by atoms with Crippen molar-refractivity contribution in [3.05, 3.63) is 0 Å². The van der Waals surface area contributed by atoms with E-state index in [0.717, 1.165) is 30.6 Å².